The molecule has 1 amide bonds. The first-order valence-electron chi connectivity index (χ1n) is 9.60. The van der Waals surface area contributed by atoms with Gasteiger partial charge in [0.2, 0.25) is 5.91 Å². The van der Waals surface area contributed by atoms with Crippen molar-refractivity contribution in [3.8, 4) is 0 Å². The SMILES string of the molecule is CCCC[C@H](NC(=O)[C@H](Cc1ccccc1)CS(=O)(=O)Cc1ccco1)C(=O)O. The molecule has 1 heterocycles. The van der Waals surface area contributed by atoms with E-state index < -0.39 is 39.4 Å². The maximum Gasteiger partial charge on any atom is 0.326 e. The van der Waals surface area contributed by atoms with Crippen LogP contribution in [0.3, 0.4) is 0 Å². The van der Waals surface area contributed by atoms with E-state index in [4.69, 9.17) is 4.42 Å². The molecule has 2 atom stereocenters. The molecule has 158 valence electrons. The second kappa shape index (κ2) is 10.8. The predicted octanol–water partition coefficient (Wildman–Crippen LogP) is 2.81. The van der Waals surface area contributed by atoms with Gasteiger partial charge in [-0.05, 0) is 30.5 Å². The number of rotatable bonds is 12. The Bertz CT molecular complexity index is 877. The number of benzene rings is 1. The number of carboxylic acid groups (broad SMARTS) is 1. The molecule has 0 saturated carbocycles. The van der Waals surface area contributed by atoms with Crippen LogP contribution < -0.4 is 5.32 Å². The molecule has 0 fully saturated rings. The number of carbonyl (C=O) groups is 2. The molecule has 0 saturated heterocycles. The third-order valence-electron chi connectivity index (χ3n) is 4.55. The van der Waals surface area contributed by atoms with Crippen LogP contribution in [0.5, 0.6) is 0 Å². The van der Waals surface area contributed by atoms with E-state index >= 15 is 0 Å². The minimum atomic E-state index is -3.64. The second-order valence-electron chi connectivity index (χ2n) is 7.06. The molecule has 29 heavy (non-hydrogen) atoms. The van der Waals surface area contributed by atoms with Gasteiger partial charge in [0.15, 0.2) is 9.84 Å². The average Bonchev–Trinajstić information content (AvgIpc) is 3.17. The summed E-state index contributed by atoms with van der Waals surface area (Å²) in [7, 11) is -3.64. The maximum atomic E-state index is 12.8. The van der Waals surface area contributed by atoms with Crippen LogP contribution in [0.15, 0.2) is 53.1 Å². The van der Waals surface area contributed by atoms with E-state index in [1.807, 2.05) is 37.3 Å². The van der Waals surface area contributed by atoms with Gasteiger partial charge in [0, 0.05) is 0 Å². The van der Waals surface area contributed by atoms with Crippen LogP contribution in [0.1, 0.15) is 37.5 Å². The predicted molar refractivity (Wildman–Crippen MR) is 109 cm³/mol. The number of carbonyl (C=O) groups excluding carboxylic acids is 1. The summed E-state index contributed by atoms with van der Waals surface area (Å²) in [6.07, 6.45) is 3.34. The van der Waals surface area contributed by atoms with Crippen LogP contribution in [-0.4, -0.2) is 37.2 Å². The molecule has 1 aromatic carbocycles. The summed E-state index contributed by atoms with van der Waals surface area (Å²) >= 11 is 0. The quantitative estimate of drug-likeness (QED) is 0.545. The third kappa shape index (κ3) is 7.73. The van der Waals surface area contributed by atoms with Gasteiger partial charge in [0.1, 0.15) is 17.6 Å². The Hall–Kier alpha value is -2.61. The molecule has 8 heteroatoms. The van der Waals surface area contributed by atoms with Gasteiger partial charge in [-0.25, -0.2) is 13.2 Å². The highest BCUT2D eigenvalue weighted by molar-refractivity contribution is 7.90. The largest absolute Gasteiger partial charge is 0.480 e. The molecular formula is C21H27NO6S. The summed E-state index contributed by atoms with van der Waals surface area (Å²) in [6, 6.07) is 11.2. The standard InChI is InChI=1S/C21H27NO6S/c1-2-3-11-19(21(24)25)22-20(23)17(13-16-8-5-4-6-9-16)14-29(26,27)15-18-10-7-12-28-18/h4-10,12,17,19H,2-3,11,13-15H2,1H3,(H,22,23)(H,24,25)/t17-,19+/m1/s1. The van der Waals surface area contributed by atoms with E-state index in [1.54, 1.807) is 12.1 Å². The number of furan rings is 1. The molecule has 2 N–H and O–H groups in total. The highest BCUT2D eigenvalue weighted by Crippen LogP contribution is 2.16. The topological polar surface area (TPSA) is 114 Å². The minimum absolute atomic E-state index is 0.199. The van der Waals surface area contributed by atoms with Gasteiger partial charge in [-0.1, -0.05) is 50.1 Å². The van der Waals surface area contributed by atoms with Crippen LogP contribution in [-0.2, 0) is 31.6 Å². The molecule has 0 radical (unpaired) electrons. The lowest BCUT2D eigenvalue weighted by molar-refractivity contribution is -0.142. The van der Waals surface area contributed by atoms with Crippen molar-refractivity contribution >= 4 is 21.7 Å². The van der Waals surface area contributed by atoms with Crippen molar-refractivity contribution in [3.05, 3.63) is 60.1 Å². The molecule has 1 aromatic heterocycles. The van der Waals surface area contributed by atoms with Crippen molar-refractivity contribution in [2.75, 3.05) is 5.75 Å². The molecule has 2 aromatic rings. The van der Waals surface area contributed by atoms with Gasteiger partial charge in [-0.3, -0.25) is 4.79 Å². The molecule has 0 aliphatic rings. The number of amides is 1. The maximum absolute atomic E-state index is 12.8. The highest BCUT2D eigenvalue weighted by atomic mass is 32.2. The molecule has 0 unspecified atom stereocenters. The van der Waals surface area contributed by atoms with E-state index in [2.05, 4.69) is 5.32 Å². The van der Waals surface area contributed by atoms with Crippen molar-refractivity contribution in [3.63, 3.8) is 0 Å². The Labute approximate surface area is 171 Å². The van der Waals surface area contributed by atoms with E-state index in [0.717, 1.165) is 12.0 Å². The summed E-state index contributed by atoms with van der Waals surface area (Å²) < 4.78 is 30.4. The zero-order valence-electron chi connectivity index (χ0n) is 16.4. The highest BCUT2D eigenvalue weighted by Gasteiger charge is 2.29. The van der Waals surface area contributed by atoms with Crippen LogP contribution in [0, 0.1) is 5.92 Å². The first-order chi connectivity index (χ1) is 13.8. The Morgan fingerprint density at radius 1 is 1.14 bits per heavy atom. The van der Waals surface area contributed by atoms with Gasteiger partial charge >= 0.3 is 5.97 Å². The zero-order chi connectivity index (χ0) is 21.3. The number of nitrogens with one attached hydrogen (secondary N) is 1. The first kappa shape index (κ1) is 22.7. The molecule has 7 nitrogen and oxygen atoms in total. The molecule has 0 aliphatic carbocycles. The summed E-state index contributed by atoms with van der Waals surface area (Å²) in [5, 5.41) is 11.9. The fourth-order valence-corrected chi connectivity index (χ4v) is 4.66. The molecule has 0 spiro atoms. The summed E-state index contributed by atoms with van der Waals surface area (Å²) in [4.78, 5) is 24.3. The van der Waals surface area contributed by atoms with Crippen molar-refractivity contribution in [1.29, 1.82) is 0 Å². The molecule has 0 aliphatic heterocycles. The third-order valence-corrected chi connectivity index (χ3v) is 6.19. The summed E-state index contributed by atoms with van der Waals surface area (Å²) in [5.74, 6) is -2.99. The smallest absolute Gasteiger partial charge is 0.326 e. The molecule has 2 rings (SSSR count). The summed E-state index contributed by atoms with van der Waals surface area (Å²) in [6.45, 7) is 1.93. The number of carboxylic acids is 1. The van der Waals surface area contributed by atoms with Crippen LogP contribution in [0.4, 0.5) is 0 Å². The minimum Gasteiger partial charge on any atom is -0.480 e. The van der Waals surface area contributed by atoms with Crippen molar-refractivity contribution in [1.82, 2.24) is 5.32 Å². The number of unbranched alkanes of at least 4 members (excludes halogenated alkanes) is 1. The number of aliphatic carboxylic acids is 1. The van der Waals surface area contributed by atoms with Gasteiger partial charge in [-0.15, -0.1) is 0 Å². The average molecular weight is 422 g/mol. The Kier molecular flexibility index (Phi) is 8.45. The number of hydrogen-bond donors (Lipinski definition) is 2. The summed E-state index contributed by atoms with van der Waals surface area (Å²) in [5.41, 5.74) is 0.807. The molecule has 0 bridgehead atoms. The normalized spacial score (nSPS) is 13.6. The van der Waals surface area contributed by atoms with Gasteiger partial charge in [0.05, 0.1) is 17.9 Å². The van der Waals surface area contributed by atoms with E-state index in [9.17, 15) is 23.1 Å². The fourth-order valence-electron chi connectivity index (χ4n) is 3.06. The van der Waals surface area contributed by atoms with E-state index in [-0.39, 0.29) is 12.2 Å². The lowest BCUT2D eigenvalue weighted by Crippen LogP contribution is -2.45. The number of sulfone groups is 1. The van der Waals surface area contributed by atoms with Gasteiger partial charge in [-0.2, -0.15) is 0 Å². The van der Waals surface area contributed by atoms with Crippen molar-refractivity contribution in [2.45, 2.75) is 44.4 Å². The van der Waals surface area contributed by atoms with Crippen molar-refractivity contribution in [2.24, 2.45) is 5.92 Å². The fraction of sp³-hybridized carbons (Fsp3) is 0.429. The first-order valence-corrected chi connectivity index (χ1v) is 11.4. The van der Waals surface area contributed by atoms with Gasteiger partial charge in [0.25, 0.3) is 0 Å². The lowest BCUT2D eigenvalue weighted by atomic mass is 9.99. The zero-order valence-corrected chi connectivity index (χ0v) is 17.2. The van der Waals surface area contributed by atoms with E-state index in [0.29, 0.717) is 18.6 Å². The molecular weight excluding hydrogens is 394 g/mol. The van der Waals surface area contributed by atoms with Crippen LogP contribution in [0.25, 0.3) is 0 Å². The number of hydrogen-bond acceptors (Lipinski definition) is 5. The van der Waals surface area contributed by atoms with Crippen molar-refractivity contribution < 1.29 is 27.5 Å². The Morgan fingerprint density at radius 2 is 1.86 bits per heavy atom. The second-order valence-corrected chi connectivity index (χ2v) is 9.17. The van der Waals surface area contributed by atoms with E-state index in [1.165, 1.54) is 6.26 Å². The van der Waals surface area contributed by atoms with Crippen LogP contribution >= 0.6 is 0 Å². The lowest BCUT2D eigenvalue weighted by Gasteiger charge is -2.20. The van der Waals surface area contributed by atoms with Gasteiger partial charge < -0.3 is 14.8 Å². The Morgan fingerprint density at radius 3 is 2.45 bits per heavy atom. The monoisotopic (exact) mass is 421 g/mol. The Balaban J connectivity index is 2.17. The van der Waals surface area contributed by atoms with Crippen LogP contribution in [0.2, 0.25) is 0 Å².